The highest BCUT2D eigenvalue weighted by atomic mass is 32.1. The summed E-state index contributed by atoms with van der Waals surface area (Å²) in [6.45, 7) is 0.489. The van der Waals surface area contributed by atoms with Crippen molar-refractivity contribution in [1.29, 1.82) is 0 Å². The molecule has 1 N–H and O–H groups in total. The largest absolute Gasteiger partial charge is 0.352 e. The van der Waals surface area contributed by atoms with Crippen LogP contribution in [0.3, 0.4) is 0 Å². The van der Waals surface area contributed by atoms with Crippen LogP contribution in [0.1, 0.15) is 16.1 Å². The number of hydrogen-bond acceptors (Lipinski definition) is 7. The Balaban J connectivity index is 1.32. The molecule has 0 atom stereocenters. The average Bonchev–Trinajstić information content (AvgIpc) is 3.24. The molecule has 0 saturated heterocycles. The molecule has 0 fully saturated rings. The van der Waals surface area contributed by atoms with E-state index in [0.29, 0.717) is 24.4 Å². The molecule has 7 nitrogen and oxygen atoms in total. The third-order valence-corrected chi connectivity index (χ3v) is 4.92. The van der Waals surface area contributed by atoms with Gasteiger partial charge in [-0.15, -0.1) is 11.3 Å². The number of rotatable bonds is 6. The number of amides is 1. The summed E-state index contributed by atoms with van der Waals surface area (Å²) in [4.78, 5) is 33.4. The molecule has 0 saturated carbocycles. The molecule has 0 spiro atoms. The van der Waals surface area contributed by atoms with E-state index in [9.17, 15) is 4.79 Å². The van der Waals surface area contributed by atoms with E-state index in [1.54, 1.807) is 36.1 Å². The summed E-state index contributed by atoms with van der Waals surface area (Å²) in [5.41, 5.74) is 3.22. The monoisotopic (exact) mass is 388 g/mol. The molecule has 0 unspecified atom stereocenters. The quantitative estimate of drug-likeness (QED) is 0.546. The van der Waals surface area contributed by atoms with Crippen LogP contribution in [0.4, 0.5) is 0 Å². The van der Waals surface area contributed by atoms with Crippen molar-refractivity contribution in [2.75, 3.05) is 6.54 Å². The lowest BCUT2D eigenvalue weighted by Gasteiger charge is -2.04. The van der Waals surface area contributed by atoms with Gasteiger partial charge in [0.1, 0.15) is 5.01 Å². The Morgan fingerprint density at radius 2 is 1.79 bits per heavy atom. The van der Waals surface area contributed by atoms with Gasteiger partial charge in [0.2, 0.25) is 0 Å². The number of hydrogen-bond donors (Lipinski definition) is 1. The highest BCUT2D eigenvalue weighted by Crippen LogP contribution is 2.22. The molecule has 4 rings (SSSR count). The first-order chi connectivity index (χ1) is 13.8. The Morgan fingerprint density at radius 1 is 0.964 bits per heavy atom. The maximum absolute atomic E-state index is 12.3. The second-order valence-corrected chi connectivity index (χ2v) is 6.78. The molecule has 28 heavy (non-hydrogen) atoms. The number of carbonyl (C=O) groups is 1. The zero-order chi connectivity index (χ0) is 19.2. The van der Waals surface area contributed by atoms with Crippen molar-refractivity contribution < 1.29 is 4.79 Å². The molecule has 0 aromatic carbocycles. The summed E-state index contributed by atoms with van der Waals surface area (Å²) in [6, 6.07) is 7.55. The van der Waals surface area contributed by atoms with Crippen LogP contribution < -0.4 is 5.32 Å². The second kappa shape index (κ2) is 8.45. The Hall–Kier alpha value is -3.52. The van der Waals surface area contributed by atoms with Crippen molar-refractivity contribution >= 4 is 17.2 Å². The molecule has 4 aromatic rings. The van der Waals surface area contributed by atoms with Gasteiger partial charge in [-0.2, -0.15) is 0 Å². The number of nitrogens with zero attached hydrogens (tertiary/aromatic N) is 5. The van der Waals surface area contributed by atoms with Crippen LogP contribution in [0.2, 0.25) is 0 Å². The van der Waals surface area contributed by atoms with Gasteiger partial charge in [-0.3, -0.25) is 14.8 Å². The van der Waals surface area contributed by atoms with E-state index < -0.39 is 0 Å². The summed E-state index contributed by atoms with van der Waals surface area (Å²) in [5.74, 6) is 0.332. The summed E-state index contributed by atoms with van der Waals surface area (Å²) >= 11 is 1.58. The Morgan fingerprint density at radius 3 is 2.54 bits per heavy atom. The van der Waals surface area contributed by atoms with Crippen LogP contribution in [0.5, 0.6) is 0 Å². The SMILES string of the molecule is O=C(NCCc1csc(-c2ccncc2)n1)c1cnc(-c2cccnc2)nc1. The molecular formula is C20H16N6OS. The highest BCUT2D eigenvalue weighted by Gasteiger charge is 2.09. The van der Waals surface area contributed by atoms with Crippen LogP contribution in [-0.4, -0.2) is 37.4 Å². The van der Waals surface area contributed by atoms with Crippen LogP contribution in [0.25, 0.3) is 22.0 Å². The fraction of sp³-hybridized carbons (Fsp3) is 0.100. The van der Waals surface area contributed by atoms with E-state index >= 15 is 0 Å². The van der Waals surface area contributed by atoms with Crippen molar-refractivity contribution in [1.82, 2.24) is 30.2 Å². The van der Waals surface area contributed by atoms with E-state index in [1.165, 1.54) is 12.4 Å². The van der Waals surface area contributed by atoms with E-state index in [0.717, 1.165) is 21.8 Å². The van der Waals surface area contributed by atoms with Crippen molar-refractivity contribution in [3.8, 4) is 22.0 Å². The van der Waals surface area contributed by atoms with Gasteiger partial charge in [0.25, 0.3) is 5.91 Å². The van der Waals surface area contributed by atoms with Crippen molar-refractivity contribution in [2.24, 2.45) is 0 Å². The zero-order valence-electron chi connectivity index (χ0n) is 14.8. The molecular weight excluding hydrogens is 372 g/mol. The Labute approximate surface area is 165 Å². The number of nitrogens with one attached hydrogen (secondary N) is 1. The minimum absolute atomic E-state index is 0.206. The molecule has 0 aliphatic rings. The van der Waals surface area contributed by atoms with Crippen LogP contribution in [0, 0.1) is 0 Å². The molecule has 1 amide bonds. The molecule has 4 aromatic heterocycles. The number of carbonyl (C=O) groups excluding carboxylic acids is 1. The van der Waals surface area contributed by atoms with Crippen molar-refractivity contribution in [3.05, 3.63) is 78.1 Å². The summed E-state index contributed by atoms with van der Waals surface area (Å²) in [6.07, 6.45) is 10.6. The molecule has 0 aliphatic carbocycles. The van der Waals surface area contributed by atoms with Gasteiger partial charge >= 0.3 is 0 Å². The minimum atomic E-state index is -0.206. The lowest BCUT2D eigenvalue weighted by Crippen LogP contribution is -2.26. The fourth-order valence-corrected chi connectivity index (χ4v) is 3.40. The normalized spacial score (nSPS) is 10.6. The number of pyridine rings is 2. The number of aromatic nitrogens is 5. The fourth-order valence-electron chi connectivity index (χ4n) is 2.54. The minimum Gasteiger partial charge on any atom is -0.352 e. The summed E-state index contributed by atoms with van der Waals surface area (Å²) in [5, 5.41) is 5.83. The highest BCUT2D eigenvalue weighted by molar-refractivity contribution is 7.13. The summed E-state index contributed by atoms with van der Waals surface area (Å²) in [7, 11) is 0. The van der Waals surface area contributed by atoms with Gasteiger partial charge in [-0.05, 0) is 24.3 Å². The topological polar surface area (TPSA) is 93.6 Å². The average molecular weight is 388 g/mol. The van der Waals surface area contributed by atoms with Crippen LogP contribution in [0.15, 0.2) is 66.8 Å². The second-order valence-electron chi connectivity index (χ2n) is 5.92. The predicted molar refractivity (Wildman–Crippen MR) is 107 cm³/mol. The predicted octanol–water partition coefficient (Wildman–Crippen LogP) is 3.03. The molecule has 4 heterocycles. The smallest absolute Gasteiger partial charge is 0.254 e. The molecule has 8 heteroatoms. The summed E-state index contributed by atoms with van der Waals surface area (Å²) < 4.78 is 0. The first-order valence-electron chi connectivity index (χ1n) is 8.65. The van der Waals surface area contributed by atoms with E-state index in [1.807, 2.05) is 29.6 Å². The maximum atomic E-state index is 12.3. The van der Waals surface area contributed by atoms with Gasteiger partial charge in [0.05, 0.1) is 11.3 Å². The standard InChI is InChI=1S/C20H16N6OS/c27-19(16-11-24-18(25-12-16)15-2-1-6-22-10-15)23-9-5-17-13-28-20(26-17)14-3-7-21-8-4-14/h1-4,6-8,10-13H,5,9H2,(H,23,27). The number of thiazole rings is 1. The first kappa shape index (κ1) is 17.9. The Bertz CT molecular complexity index is 1050. The first-order valence-corrected chi connectivity index (χ1v) is 9.53. The van der Waals surface area contributed by atoms with Crippen LogP contribution >= 0.6 is 11.3 Å². The Kier molecular flexibility index (Phi) is 5.39. The van der Waals surface area contributed by atoms with Gasteiger partial charge < -0.3 is 5.32 Å². The van der Waals surface area contributed by atoms with Crippen molar-refractivity contribution in [2.45, 2.75) is 6.42 Å². The van der Waals surface area contributed by atoms with Crippen LogP contribution in [-0.2, 0) is 6.42 Å². The molecule has 138 valence electrons. The maximum Gasteiger partial charge on any atom is 0.254 e. The lowest BCUT2D eigenvalue weighted by atomic mass is 10.2. The van der Waals surface area contributed by atoms with E-state index in [4.69, 9.17) is 0 Å². The molecule has 0 radical (unpaired) electrons. The lowest BCUT2D eigenvalue weighted by molar-refractivity contribution is 0.0953. The third-order valence-electron chi connectivity index (χ3n) is 3.98. The zero-order valence-corrected chi connectivity index (χ0v) is 15.6. The van der Waals surface area contributed by atoms with E-state index in [2.05, 4.69) is 30.2 Å². The molecule has 0 aliphatic heterocycles. The van der Waals surface area contributed by atoms with Gasteiger partial charge in [-0.1, -0.05) is 0 Å². The third kappa shape index (κ3) is 4.24. The van der Waals surface area contributed by atoms with E-state index in [-0.39, 0.29) is 5.91 Å². The van der Waals surface area contributed by atoms with Gasteiger partial charge in [-0.25, -0.2) is 15.0 Å². The van der Waals surface area contributed by atoms with Gasteiger partial charge in [0, 0.05) is 66.7 Å². The van der Waals surface area contributed by atoms with Crippen molar-refractivity contribution in [3.63, 3.8) is 0 Å². The molecule has 0 bridgehead atoms. The van der Waals surface area contributed by atoms with Gasteiger partial charge in [0.15, 0.2) is 5.82 Å².